The van der Waals surface area contributed by atoms with Gasteiger partial charge in [-0.1, -0.05) is 0 Å². The van der Waals surface area contributed by atoms with Crippen molar-refractivity contribution < 1.29 is 9.53 Å². The topological polar surface area (TPSA) is 52.1 Å². The van der Waals surface area contributed by atoms with Crippen molar-refractivity contribution >= 4 is 5.97 Å². The normalized spacial score (nSPS) is 13.6. The van der Waals surface area contributed by atoms with E-state index in [-0.39, 0.29) is 5.82 Å². The highest BCUT2D eigenvalue weighted by molar-refractivity contribution is 5.89. The molecule has 0 atom stereocenters. The zero-order chi connectivity index (χ0) is 6.27. The van der Waals surface area contributed by atoms with Gasteiger partial charge in [-0.2, -0.15) is 4.98 Å². The second kappa shape index (κ2) is 1.28. The molecule has 0 fully saturated rings. The monoisotopic (exact) mass is 122 g/mol. The fourth-order valence-corrected chi connectivity index (χ4v) is 0.638. The Hall–Kier alpha value is -1.45. The number of fused-ring (bicyclic) bond motifs is 2. The first-order valence-electron chi connectivity index (χ1n) is 2.41. The van der Waals surface area contributed by atoms with Crippen molar-refractivity contribution in [2.45, 2.75) is 0 Å². The van der Waals surface area contributed by atoms with Crippen molar-refractivity contribution in [3.8, 4) is 5.88 Å². The zero-order valence-corrected chi connectivity index (χ0v) is 4.37. The molecule has 2 rings (SSSR count). The fourth-order valence-electron chi connectivity index (χ4n) is 0.638. The molecule has 0 unspecified atom stereocenters. The van der Waals surface area contributed by atoms with Crippen LogP contribution in [0.25, 0.3) is 0 Å². The Bertz CT molecular complexity index is 271. The van der Waals surface area contributed by atoms with Crippen LogP contribution in [0.2, 0.25) is 0 Å². The molecule has 2 bridgehead atoms. The summed E-state index contributed by atoms with van der Waals surface area (Å²) in [6.45, 7) is 0. The third-order valence-corrected chi connectivity index (χ3v) is 1.01. The van der Waals surface area contributed by atoms with E-state index in [1.54, 1.807) is 0 Å². The van der Waals surface area contributed by atoms with Gasteiger partial charge in [-0.25, -0.2) is 9.78 Å². The van der Waals surface area contributed by atoms with Gasteiger partial charge in [0.25, 0.3) is 0 Å². The first kappa shape index (κ1) is 4.43. The first-order chi connectivity index (χ1) is 4.36. The molecule has 0 spiro atoms. The van der Waals surface area contributed by atoms with Gasteiger partial charge in [-0.3, -0.25) is 0 Å². The molecule has 1 aromatic rings. The molecule has 4 heteroatoms. The minimum absolute atomic E-state index is 0.146. The van der Waals surface area contributed by atoms with Crippen LogP contribution < -0.4 is 4.74 Å². The Labute approximate surface area is 50.5 Å². The number of esters is 1. The summed E-state index contributed by atoms with van der Waals surface area (Å²) >= 11 is 0. The van der Waals surface area contributed by atoms with Crippen LogP contribution in [0, 0.1) is 0 Å². The van der Waals surface area contributed by atoms with Gasteiger partial charge in [0.2, 0.25) is 11.7 Å². The predicted octanol–water partition coefficient (Wildman–Crippen LogP) is 0.00920. The summed E-state index contributed by atoms with van der Waals surface area (Å²) in [6, 6.07) is 1.54. The number of nitrogens with zero attached hydrogens (tertiary/aromatic N) is 2. The highest BCUT2D eigenvalue weighted by Gasteiger charge is 2.20. The summed E-state index contributed by atoms with van der Waals surface area (Å²) in [5.74, 6) is 0.0208. The molecule has 1 aliphatic rings. The summed E-state index contributed by atoms with van der Waals surface area (Å²) in [5, 5.41) is 0. The van der Waals surface area contributed by atoms with Crippen molar-refractivity contribution in [1.82, 2.24) is 9.97 Å². The molecule has 9 heavy (non-hydrogen) atoms. The maximum atomic E-state index is 10.5. The maximum absolute atomic E-state index is 10.5. The van der Waals surface area contributed by atoms with E-state index in [2.05, 4.69) is 14.7 Å². The van der Waals surface area contributed by atoms with Crippen molar-refractivity contribution in [2.75, 3.05) is 0 Å². The Morgan fingerprint density at radius 2 is 2.44 bits per heavy atom. The van der Waals surface area contributed by atoms with Gasteiger partial charge in [-0.05, 0) is 0 Å². The Morgan fingerprint density at radius 1 is 1.56 bits per heavy atom. The lowest BCUT2D eigenvalue weighted by molar-refractivity contribution is 0.0751. The lowest BCUT2D eigenvalue weighted by atomic mass is 10.6. The predicted molar refractivity (Wildman–Crippen MR) is 27.0 cm³/mol. The van der Waals surface area contributed by atoms with Crippen LogP contribution >= 0.6 is 0 Å². The minimum Gasteiger partial charge on any atom is -0.401 e. The Balaban J connectivity index is 2.69. The van der Waals surface area contributed by atoms with Crippen molar-refractivity contribution in [2.24, 2.45) is 0 Å². The molecule has 0 amide bonds. The first-order valence-corrected chi connectivity index (χ1v) is 2.41. The molecular formula is C5H2N2O2. The van der Waals surface area contributed by atoms with Crippen LogP contribution in [0.5, 0.6) is 5.88 Å². The second-order valence-corrected chi connectivity index (χ2v) is 1.61. The van der Waals surface area contributed by atoms with E-state index in [9.17, 15) is 4.79 Å². The Kier molecular flexibility index (Phi) is 0.631. The maximum Gasteiger partial charge on any atom is 0.383 e. The lowest BCUT2D eigenvalue weighted by Gasteiger charge is -1.81. The second-order valence-electron chi connectivity index (χ2n) is 1.61. The number of hydrogen-bond acceptors (Lipinski definition) is 4. The summed E-state index contributed by atoms with van der Waals surface area (Å²) in [6.07, 6.45) is 1.49. The van der Waals surface area contributed by atoms with Crippen molar-refractivity contribution in [1.29, 1.82) is 0 Å². The Morgan fingerprint density at radius 3 is 3.11 bits per heavy atom. The van der Waals surface area contributed by atoms with E-state index in [0.717, 1.165) is 0 Å². The van der Waals surface area contributed by atoms with Gasteiger partial charge in [-0.15, -0.1) is 0 Å². The molecule has 2 heterocycles. The molecule has 1 aliphatic heterocycles. The summed E-state index contributed by atoms with van der Waals surface area (Å²) < 4.78 is 4.58. The highest BCUT2D eigenvalue weighted by Crippen LogP contribution is 2.12. The van der Waals surface area contributed by atoms with Crippen molar-refractivity contribution in [3.05, 3.63) is 18.1 Å². The average molecular weight is 122 g/mol. The molecule has 0 aliphatic carbocycles. The molecule has 0 N–H and O–H groups in total. The smallest absolute Gasteiger partial charge is 0.383 e. The van der Waals surface area contributed by atoms with Crippen LogP contribution in [0.4, 0.5) is 0 Å². The van der Waals surface area contributed by atoms with Crippen LogP contribution in [0.15, 0.2) is 12.3 Å². The van der Waals surface area contributed by atoms with E-state index in [4.69, 9.17) is 0 Å². The third-order valence-electron chi connectivity index (χ3n) is 1.01. The van der Waals surface area contributed by atoms with E-state index in [1.165, 1.54) is 12.3 Å². The van der Waals surface area contributed by atoms with E-state index < -0.39 is 5.97 Å². The lowest BCUT2D eigenvalue weighted by Crippen LogP contribution is -2.01. The fraction of sp³-hybridized carbons (Fsp3) is 0. The summed E-state index contributed by atoms with van der Waals surface area (Å²) in [5.41, 5.74) is 0. The van der Waals surface area contributed by atoms with Gasteiger partial charge < -0.3 is 4.74 Å². The highest BCUT2D eigenvalue weighted by atomic mass is 16.6. The van der Waals surface area contributed by atoms with E-state index in [1.807, 2.05) is 0 Å². The van der Waals surface area contributed by atoms with Gasteiger partial charge in [0.1, 0.15) is 0 Å². The summed E-state index contributed by atoms with van der Waals surface area (Å²) in [4.78, 5) is 17.9. The van der Waals surface area contributed by atoms with Gasteiger partial charge >= 0.3 is 5.97 Å². The number of rotatable bonds is 0. The van der Waals surface area contributed by atoms with E-state index in [0.29, 0.717) is 5.88 Å². The van der Waals surface area contributed by atoms with Gasteiger partial charge in [0.05, 0.1) is 0 Å². The molecule has 0 radical (unpaired) electrons. The third kappa shape index (κ3) is 0.495. The zero-order valence-electron chi connectivity index (χ0n) is 4.37. The number of aromatic nitrogens is 2. The van der Waals surface area contributed by atoms with E-state index >= 15 is 0 Å². The molecular weight excluding hydrogens is 120 g/mol. The van der Waals surface area contributed by atoms with Crippen molar-refractivity contribution in [3.63, 3.8) is 0 Å². The number of carbonyl (C=O) groups excluding carboxylic acids is 1. The largest absolute Gasteiger partial charge is 0.401 e. The molecule has 0 saturated heterocycles. The average Bonchev–Trinajstić information content (AvgIpc) is 2.09. The molecule has 0 saturated carbocycles. The quantitative estimate of drug-likeness (QED) is 0.455. The van der Waals surface area contributed by atoms with Crippen LogP contribution in [-0.4, -0.2) is 15.9 Å². The molecule has 4 nitrogen and oxygen atoms in total. The van der Waals surface area contributed by atoms with Gasteiger partial charge in [0.15, 0.2) is 0 Å². The number of ether oxygens (including phenoxy) is 1. The molecule has 1 aromatic heterocycles. The SMILES string of the molecule is O=C1Oc2ccnc1n2. The minimum atomic E-state index is -0.463. The van der Waals surface area contributed by atoms with Gasteiger partial charge in [0, 0.05) is 12.3 Å². The van der Waals surface area contributed by atoms with Crippen LogP contribution in [0.1, 0.15) is 10.6 Å². The van der Waals surface area contributed by atoms with Crippen LogP contribution in [0.3, 0.4) is 0 Å². The molecule has 44 valence electrons. The number of hydrogen-bond donors (Lipinski definition) is 0. The number of carbonyl (C=O) groups is 1. The van der Waals surface area contributed by atoms with Crippen LogP contribution in [-0.2, 0) is 0 Å². The standard InChI is InChI=1S/C5H2N2O2/c8-5-4-6-2-1-3(7-4)9-5/h1-2H. The molecule has 0 aromatic carbocycles. The summed E-state index contributed by atoms with van der Waals surface area (Å²) in [7, 11) is 0.